The average molecular weight is 599 g/mol. The number of anilines is 3. The summed E-state index contributed by atoms with van der Waals surface area (Å²) in [5.74, 6) is -1.37. The molecule has 1 aliphatic carbocycles. The Labute approximate surface area is 258 Å². The van der Waals surface area contributed by atoms with Gasteiger partial charge in [0.2, 0.25) is 11.8 Å². The van der Waals surface area contributed by atoms with Gasteiger partial charge >= 0.3 is 0 Å². The van der Waals surface area contributed by atoms with Gasteiger partial charge < -0.3 is 25.1 Å². The summed E-state index contributed by atoms with van der Waals surface area (Å²) < 4.78 is 5.61. The van der Waals surface area contributed by atoms with E-state index in [-0.39, 0.29) is 30.9 Å². The van der Waals surface area contributed by atoms with E-state index in [1.54, 1.807) is 18.2 Å². The molecule has 44 heavy (non-hydrogen) atoms. The highest BCUT2D eigenvalue weighted by molar-refractivity contribution is 6.22. The second kappa shape index (κ2) is 13.8. The van der Waals surface area contributed by atoms with Gasteiger partial charge in [0.25, 0.3) is 0 Å². The van der Waals surface area contributed by atoms with E-state index in [0.717, 1.165) is 28.9 Å². The fourth-order valence-electron chi connectivity index (χ4n) is 6.67. The maximum absolute atomic E-state index is 13.9. The van der Waals surface area contributed by atoms with Crippen LogP contribution >= 0.6 is 0 Å². The van der Waals surface area contributed by atoms with Gasteiger partial charge in [0.05, 0.1) is 30.2 Å². The van der Waals surface area contributed by atoms with Gasteiger partial charge in [-0.25, -0.2) is 0 Å². The van der Waals surface area contributed by atoms with Crippen molar-refractivity contribution >= 4 is 35.0 Å². The molecule has 2 aromatic carbocycles. The van der Waals surface area contributed by atoms with Crippen molar-refractivity contribution in [3.8, 4) is 0 Å². The van der Waals surface area contributed by atoms with Gasteiger partial charge in [-0.1, -0.05) is 50.1 Å². The van der Waals surface area contributed by atoms with Crippen LogP contribution in [0.25, 0.3) is 6.08 Å². The van der Waals surface area contributed by atoms with Gasteiger partial charge in [0.1, 0.15) is 18.1 Å². The van der Waals surface area contributed by atoms with Crippen LogP contribution in [0.15, 0.2) is 87.9 Å². The summed E-state index contributed by atoms with van der Waals surface area (Å²) in [6.07, 6.45) is 3.21. The lowest BCUT2D eigenvalue weighted by Crippen LogP contribution is -2.39. The Balaban J connectivity index is 1.36. The normalized spacial score (nSPS) is 21.3. The number of benzene rings is 2. The molecule has 1 saturated heterocycles. The Hall–Kier alpha value is -3.98. The van der Waals surface area contributed by atoms with E-state index >= 15 is 0 Å². The molecule has 4 N–H and O–H groups in total. The molecule has 2 aliphatic rings. The smallest absolute Gasteiger partial charge is 0.238 e. The van der Waals surface area contributed by atoms with Crippen LogP contribution in [0.2, 0.25) is 0 Å². The number of imide groups is 1. The fraction of sp³-hybridized carbons (Fsp3) is 0.389. The van der Waals surface area contributed by atoms with Crippen LogP contribution in [0.4, 0.5) is 17.1 Å². The van der Waals surface area contributed by atoms with Crippen LogP contribution in [0.1, 0.15) is 58.0 Å². The van der Waals surface area contributed by atoms with Crippen LogP contribution in [0.3, 0.4) is 0 Å². The molecule has 0 spiro atoms. The lowest BCUT2D eigenvalue weighted by atomic mass is 9.66. The summed E-state index contributed by atoms with van der Waals surface area (Å²) in [5, 5.41) is 34.9. The van der Waals surface area contributed by atoms with Crippen molar-refractivity contribution in [2.75, 3.05) is 16.8 Å². The number of nitrogens with one attached hydrogen (secondary N) is 1. The molecule has 0 bridgehead atoms. The first-order valence-corrected chi connectivity index (χ1v) is 15.5. The van der Waals surface area contributed by atoms with E-state index in [2.05, 4.69) is 5.32 Å². The maximum Gasteiger partial charge on any atom is 0.238 e. The van der Waals surface area contributed by atoms with Crippen LogP contribution in [-0.4, -0.2) is 39.8 Å². The van der Waals surface area contributed by atoms with Crippen LogP contribution in [0.5, 0.6) is 0 Å². The molecule has 8 heteroatoms. The zero-order chi connectivity index (χ0) is 31.4. The SMILES string of the molecule is CC/C(=C\c1ccc(CO)o1)CC[C@@H](O)C1=C(C(C)C)C[C@H]2C(=O)N(c3ccc(Nc4ccccc4)cc3)C(=O)[C@H]2[C@H]1CO. The number of furan rings is 1. The minimum atomic E-state index is -0.870. The highest BCUT2D eigenvalue weighted by atomic mass is 16.4. The number of allylic oxidation sites excluding steroid dienone is 2. The molecule has 5 rings (SSSR count). The number of hydrogen-bond donors (Lipinski definition) is 4. The van der Waals surface area contributed by atoms with E-state index in [9.17, 15) is 24.9 Å². The molecule has 0 unspecified atom stereocenters. The molecule has 0 radical (unpaired) electrons. The number of amides is 2. The second-order valence-corrected chi connectivity index (χ2v) is 12.0. The summed E-state index contributed by atoms with van der Waals surface area (Å²) in [4.78, 5) is 29.0. The average Bonchev–Trinajstić information content (AvgIpc) is 3.60. The Bertz CT molecular complexity index is 1520. The van der Waals surface area contributed by atoms with E-state index < -0.39 is 23.9 Å². The summed E-state index contributed by atoms with van der Waals surface area (Å²) >= 11 is 0. The third-order valence-corrected chi connectivity index (χ3v) is 8.94. The van der Waals surface area contributed by atoms with Gasteiger partial charge in [-0.3, -0.25) is 14.5 Å². The number of nitrogens with zero attached hydrogens (tertiary/aromatic N) is 1. The summed E-state index contributed by atoms with van der Waals surface area (Å²) in [7, 11) is 0. The number of carbonyl (C=O) groups excluding carboxylic acids is 2. The number of fused-ring (bicyclic) bond motifs is 1. The molecule has 4 atom stereocenters. The number of aliphatic hydroxyl groups is 3. The third kappa shape index (κ3) is 6.43. The molecule has 2 amide bonds. The summed E-state index contributed by atoms with van der Waals surface area (Å²) in [5.41, 5.74) is 4.99. The largest absolute Gasteiger partial charge is 0.459 e. The number of aliphatic hydroxyl groups excluding tert-OH is 3. The minimum absolute atomic E-state index is 0.0381. The Morgan fingerprint density at radius 1 is 1.00 bits per heavy atom. The molecule has 2 heterocycles. The van der Waals surface area contributed by atoms with Crippen molar-refractivity contribution in [3.05, 3.63) is 95.0 Å². The quantitative estimate of drug-likeness (QED) is 0.144. The number of hydrogen-bond acceptors (Lipinski definition) is 7. The summed E-state index contributed by atoms with van der Waals surface area (Å²) in [6.45, 7) is 5.60. The second-order valence-electron chi connectivity index (χ2n) is 12.0. The van der Waals surface area contributed by atoms with Crippen molar-refractivity contribution in [2.45, 2.75) is 59.2 Å². The molecular formula is C36H42N2O6. The number of rotatable bonds is 12. The lowest BCUT2D eigenvalue weighted by molar-refractivity contribution is -0.123. The van der Waals surface area contributed by atoms with Crippen molar-refractivity contribution in [1.29, 1.82) is 0 Å². The van der Waals surface area contributed by atoms with Crippen molar-refractivity contribution in [1.82, 2.24) is 0 Å². The van der Waals surface area contributed by atoms with Crippen molar-refractivity contribution < 1.29 is 29.3 Å². The molecular weight excluding hydrogens is 556 g/mol. The minimum Gasteiger partial charge on any atom is -0.459 e. The fourth-order valence-corrected chi connectivity index (χ4v) is 6.67. The topological polar surface area (TPSA) is 123 Å². The Morgan fingerprint density at radius 2 is 1.70 bits per heavy atom. The zero-order valence-corrected chi connectivity index (χ0v) is 25.6. The molecule has 232 valence electrons. The van der Waals surface area contributed by atoms with Gasteiger partial charge in [0, 0.05) is 17.3 Å². The molecule has 0 saturated carbocycles. The molecule has 3 aromatic rings. The third-order valence-electron chi connectivity index (χ3n) is 8.94. The maximum atomic E-state index is 13.9. The van der Waals surface area contributed by atoms with Crippen LogP contribution in [-0.2, 0) is 16.2 Å². The van der Waals surface area contributed by atoms with E-state index in [1.807, 2.05) is 75.4 Å². The monoisotopic (exact) mass is 598 g/mol. The molecule has 1 fully saturated rings. The van der Waals surface area contributed by atoms with E-state index in [0.29, 0.717) is 42.0 Å². The van der Waals surface area contributed by atoms with Crippen molar-refractivity contribution in [2.24, 2.45) is 23.7 Å². The lowest BCUT2D eigenvalue weighted by Gasteiger charge is -2.38. The molecule has 1 aliphatic heterocycles. The van der Waals surface area contributed by atoms with Gasteiger partial charge in [-0.2, -0.15) is 0 Å². The first-order chi connectivity index (χ1) is 21.2. The first-order valence-electron chi connectivity index (χ1n) is 15.5. The molecule has 8 nitrogen and oxygen atoms in total. The number of carbonyl (C=O) groups is 2. The zero-order valence-electron chi connectivity index (χ0n) is 25.6. The van der Waals surface area contributed by atoms with E-state index in [4.69, 9.17) is 4.42 Å². The van der Waals surface area contributed by atoms with Crippen LogP contribution in [0, 0.1) is 23.7 Å². The van der Waals surface area contributed by atoms with E-state index in [1.165, 1.54) is 4.90 Å². The van der Waals surface area contributed by atoms with Crippen LogP contribution < -0.4 is 10.2 Å². The highest BCUT2D eigenvalue weighted by Crippen LogP contribution is 2.49. The van der Waals surface area contributed by atoms with Gasteiger partial charge in [0.15, 0.2) is 0 Å². The molecule has 1 aromatic heterocycles. The number of para-hydroxylation sites is 1. The standard InChI is InChI=1S/C36H42N2O6/c1-4-23(18-27-15-16-28(20-39)44-27)10-17-32(41)33-29(22(2)3)19-30-34(31(33)21-40)36(43)38(35(30)42)26-13-11-25(12-14-26)37-24-8-6-5-7-9-24/h5-9,11-16,18,22,30-32,34,37,39-41H,4,10,17,19-21H2,1-3H3/b23-18+/t30-,31+,32-,34-/m1/s1. The Kier molecular flexibility index (Phi) is 9.84. The highest BCUT2D eigenvalue weighted by Gasteiger charge is 2.55. The first kappa shape index (κ1) is 31.4. The predicted molar refractivity (Wildman–Crippen MR) is 171 cm³/mol. The van der Waals surface area contributed by atoms with Gasteiger partial charge in [-0.05, 0) is 91.8 Å². The van der Waals surface area contributed by atoms with Crippen molar-refractivity contribution in [3.63, 3.8) is 0 Å². The Morgan fingerprint density at radius 3 is 2.32 bits per heavy atom. The summed E-state index contributed by atoms with van der Waals surface area (Å²) in [6, 6.07) is 20.5. The van der Waals surface area contributed by atoms with Gasteiger partial charge in [-0.15, -0.1) is 0 Å². The predicted octanol–water partition coefficient (Wildman–Crippen LogP) is 6.22.